The quantitative estimate of drug-likeness (QED) is 0.613. The first-order valence-electron chi connectivity index (χ1n) is 7.68. The van der Waals surface area contributed by atoms with Crippen molar-refractivity contribution in [2.45, 2.75) is 25.3 Å². The van der Waals surface area contributed by atoms with Crippen LogP contribution in [0.4, 0.5) is 0 Å². The summed E-state index contributed by atoms with van der Waals surface area (Å²) >= 11 is 0. The molecule has 1 fully saturated rings. The van der Waals surface area contributed by atoms with Crippen molar-refractivity contribution in [3.63, 3.8) is 0 Å². The molecule has 2 aromatic rings. The molecule has 0 saturated carbocycles. The molecule has 0 aromatic heterocycles. The molecular weight excluding hydrogens is 256 g/mol. The predicted molar refractivity (Wildman–Crippen MR) is 84.2 cm³/mol. The average molecular weight is 277 g/mol. The molecule has 0 spiro atoms. The zero-order valence-electron chi connectivity index (χ0n) is 12.3. The molecule has 0 N–H and O–H groups in total. The summed E-state index contributed by atoms with van der Waals surface area (Å²) < 4.78 is 0.563. The number of nitrogens with zero attached hydrogens (tertiary/aromatic N) is 2. The molecule has 1 aliphatic rings. The van der Waals surface area contributed by atoms with Gasteiger partial charge >= 0.3 is 6.19 Å². The van der Waals surface area contributed by atoms with Gasteiger partial charge in [-0.1, -0.05) is 60.7 Å². The maximum Gasteiger partial charge on any atom is 0.308 e. The van der Waals surface area contributed by atoms with Gasteiger partial charge in [-0.2, -0.15) is 0 Å². The van der Waals surface area contributed by atoms with Crippen molar-refractivity contribution in [3.05, 3.63) is 71.8 Å². The molecule has 0 bridgehead atoms. The predicted octanol–water partition coefficient (Wildman–Crippen LogP) is 4.06. The van der Waals surface area contributed by atoms with Crippen LogP contribution in [0.5, 0.6) is 0 Å². The number of likely N-dealkylation sites (tertiary alicyclic amines) is 1. The molecule has 1 aliphatic heterocycles. The topological polar surface area (TPSA) is 23.8 Å². The number of hydrogen-bond acceptors (Lipinski definition) is 1. The van der Waals surface area contributed by atoms with Gasteiger partial charge in [-0.25, -0.2) is 4.48 Å². The highest BCUT2D eigenvalue weighted by molar-refractivity contribution is 5.20. The van der Waals surface area contributed by atoms with Crippen LogP contribution in [-0.4, -0.2) is 17.6 Å². The first-order valence-corrected chi connectivity index (χ1v) is 7.68. The second-order valence-corrected chi connectivity index (χ2v) is 6.02. The van der Waals surface area contributed by atoms with Crippen LogP contribution in [-0.2, 0) is 6.54 Å². The molecule has 0 amide bonds. The summed E-state index contributed by atoms with van der Waals surface area (Å²) in [6, 6.07) is 21.1. The van der Waals surface area contributed by atoms with E-state index in [-0.39, 0.29) is 0 Å². The normalized spacial score (nSPS) is 25.2. The van der Waals surface area contributed by atoms with Gasteiger partial charge in [0.05, 0.1) is 13.1 Å². The van der Waals surface area contributed by atoms with Crippen LogP contribution in [0, 0.1) is 11.5 Å². The summed E-state index contributed by atoms with van der Waals surface area (Å²) in [5.74, 6) is 0.613. The van der Waals surface area contributed by atoms with Gasteiger partial charge in [0.2, 0.25) is 0 Å². The van der Waals surface area contributed by atoms with Gasteiger partial charge in [0.1, 0.15) is 6.54 Å². The van der Waals surface area contributed by atoms with Crippen molar-refractivity contribution < 1.29 is 4.48 Å². The summed E-state index contributed by atoms with van der Waals surface area (Å²) in [5.41, 5.74) is 2.69. The van der Waals surface area contributed by atoms with Crippen LogP contribution in [0.1, 0.15) is 29.9 Å². The molecule has 2 aromatic carbocycles. The molecule has 0 radical (unpaired) electrons. The minimum absolute atomic E-state index is 0.563. The monoisotopic (exact) mass is 277 g/mol. The summed E-state index contributed by atoms with van der Waals surface area (Å²) in [4.78, 5) is 0. The Kier molecular flexibility index (Phi) is 4.03. The third-order valence-electron chi connectivity index (χ3n) is 4.62. The minimum atomic E-state index is 0.563. The number of rotatable bonds is 3. The SMILES string of the molecule is N#C[N+]1(Cc2ccccc2)CCC(c2ccccc2)CC1. The largest absolute Gasteiger partial charge is 0.308 e. The Hall–Kier alpha value is -2.11. The molecule has 2 heteroatoms. The lowest BCUT2D eigenvalue weighted by atomic mass is 9.88. The highest BCUT2D eigenvalue weighted by Crippen LogP contribution is 2.32. The number of piperidine rings is 1. The summed E-state index contributed by atoms with van der Waals surface area (Å²) in [7, 11) is 0. The molecule has 0 unspecified atom stereocenters. The second-order valence-electron chi connectivity index (χ2n) is 6.02. The highest BCUT2D eigenvalue weighted by atomic mass is 15.3. The van der Waals surface area contributed by atoms with Gasteiger partial charge in [0.15, 0.2) is 0 Å². The number of nitriles is 1. The molecule has 2 nitrogen and oxygen atoms in total. The number of benzene rings is 2. The van der Waals surface area contributed by atoms with Crippen LogP contribution in [0.25, 0.3) is 0 Å². The molecule has 106 valence electrons. The third kappa shape index (κ3) is 3.15. The van der Waals surface area contributed by atoms with E-state index in [4.69, 9.17) is 0 Å². The van der Waals surface area contributed by atoms with Crippen molar-refractivity contribution in [3.8, 4) is 6.19 Å². The van der Waals surface area contributed by atoms with Crippen molar-refractivity contribution in [1.29, 1.82) is 5.26 Å². The fraction of sp³-hybridized carbons (Fsp3) is 0.316. The molecular formula is C19H21N2+. The van der Waals surface area contributed by atoms with Crippen molar-refractivity contribution in [2.24, 2.45) is 0 Å². The number of hydrogen-bond donors (Lipinski definition) is 0. The van der Waals surface area contributed by atoms with Gasteiger partial charge < -0.3 is 0 Å². The Bertz CT molecular complexity index is 605. The third-order valence-corrected chi connectivity index (χ3v) is 4.62. The Morgan fingerprint density at radius 2 is 1.48 bits per heavy atom. The lowest BCUT2D eigenvalue weighted by Crippen LogP contribution is -2.48. The van der Waals surface area contributed by atoms with E-state index in [0.29, 0.717) is 10.4 Å². The standard InChI is InChI=1S/C19H21N2/c20-16-21(15-17-7-3-1-4-8-17)13-11-19(12-14-21)18-9-5-2-6-10-18/h1-10,19H,11-15H2/q+1. The Morgan fingerprint density at radius 3 is 2.05 bits per heavy atom. The average Bonchev–Trinajstić information content (AvgIpc) is 2.57. The molecule has 0 aliphatic carbocycles. The van der Waals surface area contributed by atoms with E-state index < -0.39 is 0 Å². The van der Waals surface area contributed by atoms with E-state index in [1.807, 2.05) is 6.07 Å². The maximum absolute atomic E-state index is 9.68. The van der Waals surface area contributed by atoms with Crippen LogP contribution in [0.3, 0.4) is 0 Å². The van der Waals surface area contributed by atoms with Gasteiger partial charge in [0.25, 0.3) is 0 Å². The van der Waals surface area contributed by atoms with Crippen LogP contribution in [0.15, 0.2) is 60.7 Å². The summed E-state index contributed by atoms with van der Waals surface area (Å²) in [6.07, 6.45) is 4.78. The summed E-state index contributed by atoms with van der Waals surface area (Å²) in [6.45, 7) is 2.73. The maximum atomic E-state index is 9.68. The zero-order valence-corrected chi connectivity index (χ0v) is 12.3. The lowest BCUT2D eigenvalue weighted by Gasteiger charge is -2.36. The summed E-state index contributed by atoms with van der Waals surface area (Å²) in [5, 5.41) is 9.68. The molecule has 1 saturated heterocycles. The minimum Gasteiger partial charge on any atom is -0.220 e. The molecule has 1 heterocycles. The first kappa shape index (κ1) is 13.9. The van der Waals surface area contributed by atoms with E-state index in [1.54, 1.807) is 0 Å². The van der Waals surface area contributed by atoms with Crippen molar-refractivity contribution in [1.82, 2.24) is 0 Å². The van der Waals surface area contributed by atoms with Crippen molar-refractivity contribution >= 4 is 0 Å². The van der Waals surface area contributed by atoms with E-state index >= 15 is 0 Å². The number of quaternary nitrogens is 1. The van der Waals surface area contributed by atoms with Crippen LogP contribution in [0.2, 0.25) is 0 Å². The van der Waals surface area contributed by atoms with Crippen LogP contribution < -0.4 is 0 Å². The van der Waals surface area contributed by atoms with E-state index in [0.717, 1.165) is 32.5 Å². The fourth-order valence-electron chi connectivity index (χ4n) is 3.35. The zero-order chi connectivity index (χ0) is 14.5. The van der Waals surface area contributed by atoms with Crippen LogP contribution >= 0.6 is 0 Å². The fourth-order valence-corrected chi connectivity index (χ4v) is 3.35. The first-order chi connectivity index (χ1) is 10.3. The van der Waals surface area contributed by atoms with Crippen molar-refractivity contribution in [2.75, 3.05) is 13.1 Å². The molecule has 0 atom stereocenters. The smallest absolute Gasteiger partial charge is 0.220 e. The molecule has 3 rings (SSSR count). The van der Waals surface area contributed by atoms with Gasteiger partial charge in [-0.05, 0) is 11.5 Å². The van der Waals surface area contributed by atoms with Gasteiger partial charge in [-0.15, -0.1) is 5.26 Å². The van der Waals surface area contributed by atoms with Gasteiger partial charge in [0, 0.05) is 18.4 Å². The highest BCUT2D eigenvalue weighted by Gasteiger charge is 2.35. The Labute approximate surface area is 126 Å². The Balaban J connectivity index is 1.69. The van der Waals surface area contributed by atoms with Gasteiger partial charge in [-0.3, -0.25) is 0 Å². The van der Waals surface area contributed by atoms with E-state index in [2.05, 4.69) is 60.8 Å². The Morgan fingerprint density at radius 1 is 0.905 bits per heavy atom. The second kappa shape index (κ2) is 6.11. The molecule has 21 heavy (non-hydrogen) atoms. The van der Waals surface area contributed by atoms with E-state index in [9.17, 15) is 5.26 Å². The lowest BCUT2D eigenvalue weighted by molar-refractivity contribution is -0.884. The van der Waals surface area contributed by atoms with E-state index in [1.165, 1.54) is 11.1 Å².